The summed E-state index contributed by atoms with van der Waals surface area (Å²) in [5.74, 6) is 1.44. The van der Waals surface area contributed by atoms with Crippen molar-refractivity contribution in [2.24, 2.45) is 0 Å². The molecule has 0 saturated carbocycles. The number of hydrogen-bond donors (Lipinski definition) is 1. The monoisotopic (exact) mass is 358 g/mol. The van der Waals surface area contributed by atoms with E-state index < -0.39 is 6.10 Å². The Morgan fingerprint density at radius 3 is 2.37 bits per heavy atom. The summed E-state index contributed by atoms with van der Waals surface area (Å²) in [7, 11) is 0. The van der Waals surface area contributed by atoms with Crippen LogP contribution in [0.2, 0.25) is 0 Å². The first-order valence-corrected chi connectivity index (χ1v) is 9.16. The Hall–Kier alpha value is -3.11. The van der Waals surface area contributed by atoms with E-state index in [0.717, 1.165) is 22.3 Å². The van der Waals surface area contributed by atoms with Crippen molar-refractivity contribution in [1.82, 2.24) is 9.55 Å². The topological polar surface area (TPSA) is 47.3 Å². The molecule has 1 N–H and O–H groups in total. The molecule has 0 aliphatic carbocycles. The lowest BCUT2D eigenvalue weighted by Gasteiger charge is -2.15. The Balaban J connectivity index is 1.74. The van der Waals surface area contributed by atoms with Gasteiger partial charge < -0.3 is 14.4 Å². The molecular formula is C23H22N2O2. The number of rotatable bonds is 6. The molecule has 0 aliphatic heterocycles. The first-order valence-electron chi connectivity index (χ1n) is 9.16. The lowest BCUT2D eigenvalue weighted by atomic mass is 10.1. The third-order valence-corrected chi connectivity index (χ3v) is 4.62. The number of benzene rings is 3. The molecule has 1 atom stereocenters. The summed E-state index contributed by atoms with van der Waals surface area (Å²) in [4.78, 5) is 4.73. The summed E-state index contributed by atoms with van der Waals surface area (Å²) < 4.78 is 7.58. The van der Waals surface area contributed by atoms with E-state index in [4.69, 9.17) is 9.72 Å². The van der Waals surface area contributed by atoms with Crippen LogP contribution in [-0.4, -0.2) is 21.3 Å². The second kappa shape index (κ2) is 7.64. The Labute approximate surface area is 158 Å². The lowest BCUT2D eigenvalue weighted by molar-refractivity contribution is 0.205. The van der Waals surface area contributed by atoms with Crippen molar-refractivity contribution in [3.63, 3.8) is 0 Å². The van der Waals surface area contributed by atoms with E-state index >= 15 is 0 Å². The fraction of sp³-hybridized carbons (Fsp3) is 0.174. The molecule has 0 unspecified atom stereocenters. The zero-order valence-electron chi connectivity index (χ0n) is 15.2. The minimum absolute atomic E-state index is 0.620. The first kappa shape index (κ1) is 17.3. The Morgan fingerprint density at radius 1 is 0.926 bits per heavy atom. The predicted octanol–water partition coefficient (Wildman–Crippen LogP) is 4.57. The molecule has 0 radical (unpaired) electrons. The summed E-state index contributed by atoms with van der Waals surface area (Å²) in [5.41, 5.74) is 3.86. The summed E-state index contributed by atoms with van der Waals surface area (Å²) >= 11 is 0. The zero-order valence-corrected chi connectivity index (χ0v) is 15.2. The Kier molecular flexibility index (Phi) is 4.90. The van der Waals surface area contributed by atoms with Crippen molar-refractivity contribution in [3.8, 4) is 5.75 Å². The highest BCUT2D eigenvalue weighted by molar-refractivity contribution is 5.76. The van der Waals surface area contributed by atoms with Gasteiger partial charge in [0.1, 0.15) is 17.7 Å². The van der Waals surface area contributed by atoms with Gasteiger partial charge in [-0.2, -0.15) is 0 Å². The number of aromatic nitrogens is 2. The van der Waals surface area contributed by atoms with Crippen LogP contribution in [0.25, 0.3) is 11.0 Å². The van der Waals surface area contributed by atoms with Gasteiger partial charge in [-0.15, -0.1) is 0 Å². The van der Waals surface area contributed by atoms with Crippen LogP contribution in [0.4, 0.5) is 0 Å². The van der Waals surface area contributed by atoms with Gasteiger partial charge in [-0.3, -0.25) is 0 Å². The molecule has 4 aromatic rings. The molecule has 27 heavy (non-hydrogen) atoms. The minimum atomic E-state index is -0.809. The van der Waals surface area contributed by atoms with Crippen LogP contribution in [0.3, 0.4) is 0 Å². The van der Waals surface area contributed by atoms with Gasteiger partial charge in [0, 0.05) is 6.54 Å². The van der Waals surface area contributed by atoms with Gasteiger partial charge in [-0.05, 0) is 42.3 Å². The average Bonchev–Trinajstić information content (AvgIpc) is 3.08. The van der Waals surface area contributed by atoms with Crippen molar-refractivity contribution in [2.45, 2.75) is 19.6 Å². The van der Waals surface area contributed by atoms with Crippen LogP contribution in [0, 0.1) is 0 Å². The molecule has 136 valence electrons. The number of aliphatic hydroxyl groups excluding tert-OH is 1. The number of fused-ring (bicyclic) bond motifs is 1. The van der Waals surface area contributed by atoms with Crippen molar-refractivity contribution >= 4 is 11.0 Å². The van der Waals surface area contributed by atoms with Crippen LogP contribution >= 0.6 is 0 Å². The molecule has 0 bridgehead atoms. The summed E-state index contributed by atoms with van der Waals surface area (Å²) in [6.45, 7) is 3.23. The van der Waals surface area contributed by atoms with E-state index in [1.807, 2.05) is 73.7 Å². The van der Waals surface area contributed by atoms with Crippen molar-refractivity contribution < 1.29 is 9.84 Å². The molecule has 0 fully saturated rings. The number of nitrogens with zero attached hydrogens (tertiary/aromatic N) is 2. The van der Waals surface area contributed by atoms with Gasteiger partial charge in [0.05, 0.1) is 17.6 Å². The largest absolute Gasteiger partial charge is 0.494 e. The van der Waals surface area contributed by atoms with Gasteiger partial charge >= 0.3 is 0 Å². The standard InChI is InChI=1S/C23H22N2O2/c1-2-27-19-14-12-18(13-15-19)22(26)23-24-20-10-6-7-11-21(20)25(23)16-17-8-4-3-5-9-17/h3-15,22,26H,2,16H2,1H3/t22-/m1/s1. The molecule has 1 heterocycles. The zero-order chi connectivity index (χ0) is 18.6. The first-order chi connectivity index (χ1) is 13.3. The highest BCUT2D eigenvalue weighted by Crippen LogP contribution is 2.27. The summed E-state index contributed by atoms with van der Waals surface area (Å²) in [5, 5.41) is 11.0. The van der Waals surface area contributed by atoms with Crippen LogP contribution in [0.1, 0.15) is 30.0 Å². The number of ether oxygens (including phenoxy) is 1. The second-order valence-corrected chi connectivity index (χ2v) is 6.44. The van der Waals surface area contributed by atoms with Crippen molar-refractivity contribution in [2.75, 3.05) is 6.61 Å². The SMILES string of the molecule is CCOc1ccc([C@@H](O)c2nc3ccccc3n2Cc2ccccc2)cc1. The molecule has 4 rings (SSSR count). The van der Waals surface area contributed by atoms with Gasteiger partial charge in [0.25, 0.3) is 0 Å². The summed E-state index contributed by atoms with van der Waals surface area (Å²) in [6, 6.07) is 25.8. The Morgan fingerprint density at radius 2 is 1.63 bits per heavy atom. The van der Waals surface area contributed by atoms with Crippen LogP contribution in [0.5, 0.6) is 5.75 Å². The lowest BCUT2D eigenvalue weighted by Crippen LogP contribution is -2.11. The maximum absolute atomic E-state index is 11.0. The van der Waals surface area contributed by atoms with Gasteiger partial charge in [-0.25, -0.2) is 4.98 Å². The van der Waals surface area contributed by atoms with E-state index in [1.165, 1.54) is 5.56 Å². The van der Waals surface area contributed by atoms with Gasteiger partial charge in [0.15, 0.2) is 0 Å². The molecule has 1 aromatic heterocycles. The van der Waals surface area contributed by atoms with Crippen molar-refractivity contribution in [3.05, 3.63) is 95.8 Å². The third-order valence-electron chi connectivity index (χ3n) is 4.62. The van der Waals surface area contributed by atoms with Crippen molar-refractivity contribution in [1.29, 1.82) is 0 Å². The number of hydrogen-bond acceptors (Lipinski definition) is 3. The predicted molar refractivity (Wildman–Crippen MR) is 107 cm³/mol. The van der Waals surface area contributed by atoms with Crippen LogP contribution < -0.4 is 4.74 Å². The second-order valence-electron chi connectivity index (χ2n) is 6.44. The van der Waals surface area contributed by atoms with E-state index in [1.54, 1.807) is 0 Å². The number of para-hydroxylation sites is 2. The maximum atomic E-state index is 11.0. The molecule has 0 saturated heterocycles. The molecule has 4 heteroatoms. The van der Waals surface area contributed by atoms with E-state index in [-0.39, 0.29) is 0 Å². The van der Waals surface area contributed by atoms with E-state index in [2.05, 4.69) is 16.7 Å². The molecular weight excluding hydrogens is 336 g/mol. The third kappa shape index (κ3) is 3.57. The molecule has 0 aliphatic rings. The maximum Gasteiger partial charge on any atom is 0.143 e. The molecule has 0 amide bonds. The molecule has 4 nitrogen and oxygen atoms in total. The average molecular weight is 358 g/mol. The van der Waals surface area contributed by atoms with E-state index in [9.17, 15) is 5.11 Å². The van der Waals surface area contributed by atoms with Gasteiger partial charge in [0.2, 0.25) is 0 Å². The normalized spacial score (nSPS) is 12.2. The smallest absolute Gasteiger partial charge is 0.143 e. The highest BCUT2D eigenvalue weighted by Gasteiger charge is 2.20. The number of aliphatic hydroxyl groups is 1. The number of imidazole rings is 1. The molecule has 3 aromatic carbocycles. The van der Waals surface area contributed by atoms with Crippen LogP contribution in [0.15, 0.2) is 78.9 Å². The summed E-state index contributed by atoms with van der Waals surface area (Å²) in [6.07, 6.45) is -0.809. The quantitative estimate of drug-likeness (QED) is 0.549. The highest BCUT2D eigenvalue weighted by atomic mass is 16.5. The fourth-order valence-electron chi connectivity index (χ4n) is 3.30. The van der Waals surface area contributed by atoms with E-state index in [0.29, 0.717) is 19.0 Å². The molecule has 0 spiro atoms. The fourth-order valence-corrected chi connectivity index (χ4v) is 3.30. The Bertz CT molecular complexity index is 1020. The van der Waals surface area contributed by atoms with Crippen LogP contribution in [-0.2, 0) is 6.54 Å². The minimum Gasteiger partial charge on any atom is -0.494 e. The van der Waals surface area contributed by atoms with Gasteiger partial charge in [-0.1, -0.05) is 54.6 Å².